The maximum Gasteiger partial charge on any atom is 0.410 e. The third-order valence-electron chi connectivity index (χ3n) is 11.8. The minimum atomic E-state index is -0.563. The molecule has 1 unspecified atom stereocenters. The van der Waals surface area contributed by atoms with Crippen LogP contribution in [0.5, 0.6) is 34.8 Å². The van der Waals surface area contributed by atoms with Crippen LogP contribution in [0.15, 0.2) is 116 Å². The zero-order valence-electron chi connectivity index (χ0n) is 43.8. The molecule has 22 nitrogen and oxygen atoms in total. The molecule has 0 bridgehead atoms. The van der Waals surface area contributed by atoms with Crippen LogP contribution < -0.4 is 30.4 Å². The number of carbonyl (C=O) groups excluding carboxylic acids is 2. The summed E-state index contributed by atoms with van der Waals surface area (Å²) < 4.78 is 36.9. The third kappa shape index (κ3) is 13.4. The van der Waals surface area contributed by atoms with Gasteiger partial charge in [0.15, 0.2) is 0 Å². The summed E-state index contributed by atoms with van der Waals surface area (Å²) in [7, 11) is 3.19. The van der Waals surface area contributed by atoms with E-state index < -0.39 is 11.2 Å². The molecular weight excluding hydrogens is 1080 g/mol. The summed E-state index contributed by atoms with van der Waals surface area (Å²) in [4.78, 5) is 55.5. The van der Waals surface area contributed by atoms with E-state index in [0.29, 0.717) is 84.5 Å². The van der Waals surface area contributed by atoms with Gasteiger partial charge in [0.1, 0.15) is 45.8 Å². The van der Waals surface area contributed by atoms with E-state index >= 15 is 0 Å². The maximum atomic E-state index is 12.6. The monoisotopic (exact) mass is 1140 g/mol. The molecule has 10 rings (SSSR count). The fraction of sp³-hybridized carbons (Fsp3) is 0.296. The molecule has 1 fully saturated rings. The van der Waals surface area contributed by atoms with Gasteiger partial charge >= 0.3 is 12.2 Å². The van der Waals surface area contributed by atoms with Crippen LogP contribution in [0.4, 0.5) is 21.5 Å². The van der Waals surface area contributed by atoms with Crippen molar-refractivity contribution in [2.75, 3.05) is 51.9 Å². The van der Waals surface area contributed by atoms with Gasteiger partial charge in [0.25, 0.3) is 0 Å². The Labute approximate surface area is 458 Å². The van der Waals surface area contributed by atoms with E-state index in [9.17, 15) is 9.59 Å². The Kier molecular flexibility index (Phi) is 18.1. The number of amides is 2. The van der Waals surface area contributed by atoms with E-state index in [1.165, 1.54) is 0 Å². The summed E-state index contributed by atoms with van der Waals surface area (Å²) in [6.45, 7) is 13.1. The Morgan fingerprint density at radius 2 is 1.06 bits per heavy atom. The van der Waals surface area contributed by atoms with Gasteiger partial charge in [0, 0.05) is 94.0 Å². The van der Waals surface area contributed by atoms with Crippen molar-refractivity contribution >= 4 is 40.7 Å². The first-order valence-electron chi connectivity index (χ1n) is 23.9. The smallest absolute Gasteiger partial charge is 0.410 e. The first-order chi connectivity index (χ1) is 35.4. The minimum Gasteiger partial charge on any atom is -0.497 e. The number of ether oxygens (including phenoxy) is 6. The molecule has 8 N–H and O–H groups in total. The second kappa shape index (κ2) is 24.1. The molecule has 408 valence electrons. The molecule has 23 heteroatoms. The Morgan fingerprint density at radius 1 is 0.597 bits per heavy atom. The van der Waals surface area contributed by atoms with E-state index in [2.05, 4.69) is 19.9 Å². The van der Waals surface area contributed by atoms with Crippen LogP contribution in [0.2, 0.25) is 0 Å². The normalized spacial score (nSPS) is 14.0. The molecule has 8 aromatic rings. The number of hydrogen-bond acceptors (Lipinski definition) is 16. The molecule has 0 radical (unpaired) electrons. The summed E-state index contributed by atoms with van der Waals surface area (Å²) in [6.07, 6.45) is 8.70. The summed E-state index contributed by atoms with van der Waals surface area (Å²) >= 11 is 0. The first-order valence-corrected chi connectivity index (χ1v) is 23.9. The van der Waals surface area contributed by atoms with Gasteiger partial charge in [-0.05, 0) is 126 Å². The topological polar surface area (TPSA) is 297 Å². The van der Waals surface area contributed by atoms with E-state index in [-0.39, 0.29) is 49.5 Å². The number of nitrogen functional groups attached to an aromatic ring is 2. The molecule has 0 spiro atoms. The minimum absolute atomic E-state index is 0. The molecule has 0 aliphatic carbocycles. The standard InChI is InChI=1S/C27H30N6O4.C27H28N6O4.2H2O.Pd/c2*1-27(2,3)37-26(34)32-14-11-18(16-32)23-21-10-13-30-25(28)33(21)24(31-23)17-5-7-19(8-6-17)36-22-15-20(35-4)9-12-29-22;;;/h5-10,12-13,15,18H,11,14,16H2,1-4H3,(H2,28,30);5-13,15H,14,16H2,1-4H3,(H2,28,30);2*1H2;. The van der Waals surface area contributed by atoms with E-state index in [0.717, 1.165) is 45.5 Å². The van der Waals surface area contributed by atoms with Crippen LogP contribution in [0.25, 0.3) is 39.4 Å². The Hall–Kier alpha value is -8.36. The number of nitrogens with zero attached hydrogens (tertiary/aromatic N) is 10. The van der Waals surface area contributed by atoms with Gasteiger partial charge in [-0.1, -0.05) is 6.08 Å². The predicted molar refractivity (Wildman–Crippen MR) is 286 cm³/mol. The number of carbonyl (C=O) groups is 2. The molecule has 2 aromatic carbocycles. The molecule has 2 amide bonds. The van der Waals surface area contributed by atoms with Gasteiger partial charge in [-0.2, -0.15) is 0 Å². The SMILES string of the molecule is COc1ccnc(Oc2ccc(-c3nc(C4=CCN(C(=O)OC(C)(C)C)C4)c4ccnc(N)n34)cc2)c1.COc1ccnc(Oc2ccc(-c3nc(C4CCN(C(=O)OC(C)(C)C)C4)c4ccnc(N)n34)cc2)c1.O.O.[Pd]. The van der Waals surface area contributed by atoms with Crippen molar-refractivity contribution in [3.63, 3.8) is 0 Å². The van der Waals surface area contributed by atoms with Crippen molar-refractivity contribution in [2.45, 2.75) is 65.1 Å². The molecule has 6 aromatic heterocycles. The third-order valence-corrected chi connectivity index (χ3v) is 11.8. The summed E-state index contributed by atoms with van der Waals surface area (Å²) in [6, 6.07) is 25.7. The molecule has 1 saturated heterocycles. The van der Waals surface area contributed by atoms with Crippen LogP contribution >= 0.6 is 0 Å². The molecule has 8 heterocycles. The van der Waals surface area contributed by atoms with Crippen LogP contribution in [0, 0.1) is 0 Å². The average molecular weight is 1150 g/mol. The summed E-state index contributed by atoms with van der Waals surface area (Å²) in [5.41, 5.74) is 17.4. The van der Waals surface area contributed by atoms with Gasteiger partial charge in [0.2, 0.25) is 23.7 Å². The van der Waals surface area contributed by atoms with Gasteiger partial charge in [-0.3, -0.25) is 8.80 Å². The zero-order chi connectivity index (χ0) is 52.3. The molecule has 2 aliphatic rings. The number of imidazole rings is 2. The van der Waals surface area contributed by atoms with Gasteiger partial charge in [-0.15, -0.1) is 0 Å². The Morgan fingerprint density at radius 3 is 1.57 bits per heavy atom. The van der Waals surface area contributed by atoms with Crippen molar-refractivity contribution in [1.29, 1.82) is 0 Å². The largest absolute Gasteiger partial charge is 0.497 e. The summed E-state index contributed by atoms with van der Waals surface area (Å²) in [5.74, 6) is 5.45. The first kappa shape index (κ1) is 57.9. The summed E-state index contributed by atoms with van der Waals surface area (Å²) in [5, 5.41) is 0. The quantitative estimate of drug-likeness (QED) is 0.122. The number of fused-ring (bicyclic) bond motifs is 2. The van der Waals surface area contributed by atoms with Gasteiger partial charge < -0.3 is 60.6 Å². The van der Waals surface area contributed by atoms with E-state index in [4.69, 9.17) is 49.9 Å². The van der Waals surface area contributed by atoms with Crippen molar-refractivity contribution in [2.24, 2.45) is 0 Å². The van der Waals surface area contributed by atoms with Crippen molar-refractivity contribution in [3.8, 4) is 57.5 Å². The number of aromatic nitrogens is 8. The van der Waals surface area contributed by atoms with E-state index in [1.807, 2.05) is 117 Å². The number of hydrogen-bond donors (Lipinski definition) is 2. The number of pyridine rings is 2. The number of methoxy groups -OCH3 is 2. The Bertz CT molecular complexity index is 3350. The fourth-order valence-corrected chi connectivity index (χ4v) is 8.47. The van der Waals surface area contributed by atoms with Crippen LogP contribution in [0.3, 0.4) is 0 Å². The average Bonchev–Trinajstić information content (AvgIpc) is 4.21. The molecule has 1 atom stereocenters. The van der Waals surface area contributed by atoms with Crippen molar-refractivity contribution in [1.82, 2.24) is 48.5 Å². The number of benzene rings is 2. The van der Waals surface area contributed by atoms with Crippen molar-refractivity contribution < 1.29 is 69.4 Å². The van der Waals surface area contributed by atoms with Crippen molar-refractivity contribution in [3.05, 3.63) is 127 Å². The number of likely N-dealkylation sites (tertiary alicyclic amines) is 1. The van der Waals surface area contributed by atoms with Crippen LogP contribution in [-0.2, 0) is 29.9 Å². The fourth-order valence-electron chi connectivity index (χ4n) is 8.47. The van der Waals surface area contributed by atoms with E-state index in [1.54, 1.807) is 73.1 Å². The van der Waals surface area contributed by atoms with Crippen LogP contribution in [0.1, 0.15) is 65.3 Å². The van der Waals surface area contributed by atoms with Gasteiger partial charge in [-0.25, -0.2) is 39.5 Å². The Balaban J connectivity index is 0.000000240. The number of nitrogens with two attached hydrogens (primary N) is 2. The maximum absolute atomic E-state index is 12.6. The zero-order valence-corrected chi connectivity index (χ0v) is 45.3. The molecule has 2 aliphatic heterocycles. The molecule has 0 saturated carbocycles. The second-order valence-electron chi connectivity index (χ2n) is 19.5. The second-order valence-corrected chi connectivity index (χ2v) is 19.5. The molecule has 77 heavy (non-hydrogen) atoms. The number of anilines is 2. The number of rotatable bonds is 10. The predicted octanol–water partition coefficient (Wildman–Crippen LogP) is 8.06. The molecular formula is C54H62N12O10Pd. The van der Waals surface area contributed by atoms with Crippen LogP contribution in [-0.4, -0.2) is 123 Å². The van der Waals surface area contributed by atoms with Gasteiger partial charge in [0.05, 0.1) is 43.2 Å².